The maximum absolute atomic E-state index is 10.2. The van der Waals surface area contributed by atoms with Crippen molar-refractivity contribution in [1.29, 1.82) is 0 Å². The van der Waals surface area contributed by atoms with Gasteiger partial charge in [0, 0.05) is 12.5 Å². The summed E-state index contributed by atoms with van der Waals surface area (Å²) in [5, 5.41) is 19.5. The van der Waals surface area contributed by atoms with Gasteiger partial charge in [0.1, 0.15) is 3.61 Å². The lowest BCUT2D eigenvalue weighted by Gasteiger charge is -2.16. The Morgan fingerprint density at radius 3 is 2.82 bits per heavy atom. The van der Waals surface area contributed by atoms with Gasteiger partial charge in [-0.1, -0.05) is 0 Å². The Labute approximate surface area is 76.9 Å². The standard InChI is InChI=1S/C6H6INO3/c7-6(9)3-1-5(2-4-6)8(10)11/h1-3,9H,4H2. The van der Waals surface area contributed by atoms with Crippen molar-refractivity contribution in [2.75, 3.05) is 0 Å². The van der Waals surface area contributed by atoms with Gasteiger partial charge in [-0.15, -0.1) is 0 Å². The number of halogens is 1. The van der Waals surface area contributed by atoms with E-state index in [4.69, 9.17) is 0 Å². The summed E-state index contributed by atoms with van der Waals surface area (Å²) in [6, 6.07) is 0. The van der Waals surface area contributed by atoms with Gasteiger partial charge in [0.05, 0.1) is 4.92 Å². The van der Waals surface area contributed by atoms with Crippen LogP contribution in [0, 0.1) is 10.1 Å². The van der Waals surface area contributed by atoms with Gasteiger partial charge in [-0.05, 0) is 34.7 Å². The molecule has 0 saturated carbocycles. The van der Waals surface area contributed by atoms with Crippen molar-refractivity contribution in [2.45, 2.75) is 10.0 Å². The van der Waals surface area contributed by atoms with E-state index in [1.807, 2.05) is 22.6 Å². The van der Waals surface area contributed by atoms with Gasteiger partial charge in [-0.3, -0.25) is 10.1 Å². The molecule has 0 aliphatic heterocycles. The fourth-order valence-electron chi connectivity index (χ4n) is 0.732. The molecular formula is C6H6INO3. The number of aliphatic hydroxyl groups is 1. The Kier molecular flexibility index (Phi) is 2.28. The summed E-state index contributed by atoms with van der Waals surface area (Å²) in [6.45, 7) is 0. The van der Waals surface area contributed by atoms with Crippen LogP contribution in [0.4, 0.5) is 0 Å². The van der Waals surface area contributed by atoms with Crippen molar-refractivity contribution in [3.05, 3.63) is 34.0 Å². The van der Waals surface area contributed by atoms with E-state index in [0.717, 1.165) is 0 Å². The van der Waals surface area contributed by atoms with Crippen molar-refractivity contribution in [3.8, 4) is 0 Å². The average molecular weight is 267 g/mol. The van der Waals surface area contributed by atoms with Crippen LogP contribution in [0.25, 0.3) is 0 Å². The molecule has 1 rings (SSSR count). The first kappa shape index (κ1) is 8.66. The molecule has 60 valence electrons. The molecule has 0 radical (unpaired) electrons. The van der Waals surface area contributed by atoms with Gasteiger partial charge >= 0.3 is 0 Å². The number of hydrogen-bond acceptors (Lipinski definition) is 3. The summed E-state index contributed by atoms with van der Waals surface area (Å²) >= 11 is 1.83. The highest BCUT2D eigenvalue weighted by molar-refractivity contribution is 14.1. The van der Waals surface area contributed by atoms with E-state index in [1.54, 1.807) is 0 Å². The minimum atomic E-state index is -0.947. The topological polar surface area (TPSA) is 63.4 Å². The molecule has 11 heavy (non-hydrogen) atoms. The number of hydrogen-bond donors (Lipinski definition) is 1. The molecule has 4 nitrogen and oxygen atoms in total. The van der Waals surface area contributed by atoms with E-state index in [2.05, 4.69) is 0 Å². The number of alkyl halides is 1. The first-order valence-corrected chi connectivity index (χ1v) is 4.04. The summed E-state index contributed by atoms with van der Waals surface area (Å²) in [4.78, 5) is 9.70. The second-order valence-electron chi connectivity index (χ2n) is 2.24. The van der Waals surface area contributed by atoms with Crippen molar-refractivity contribution in [1.82, 2.24) is 0 Å². The molecule has 0 aromatic carbocycles. The minimum Gasteiger partial charge on any atom is -0.376 e. The highest BCUT2D eigenvalue weighted by Gasteiger charge is 2.23. The number of rotatable bonds is 1. The van der Waals surface area contributed by atoms with Crippen LogP contribution >= 0.6 is 22.6 Å². The smallest absolute Gasteiger partial charge is 0.265 e. The third-order valence-electron chi connectivity index (χ3n) is 1.32. The normalized spacial score (nSPS) is 29.8. The third kappa shape index (κ3) is 2.26. The van der Waals surface area contributed by atoms with E-state index in [1.165, 1.54) is 18.2 Å². The highest BCUT2D eigenvalue weighted by atomic mass is 127. The molecule has 0 heterocycles. The van der Waals surface area contributed by atoms with Gasteiger partial charge < -0.3 is 5.11 Å². The van der Waals surface area contributed by atoms with Crippen LogP contribution in [0.2, 0.25) is 0 Å². The summed E-state index contributed by atoms with van der Waals surface area (Å²) < 4.78 is -0.947. The largest absolute Gasteiger partial charge is 0.376 e. The van der Waals surface area contributed by atoms with E-state index in [9.17, 15) is 15.2 Å². The quantitative estimate of drug-likeness (QED) is 0.336. The summed E-state index contributed by atoms with van der Waals surface area (Å²) in [5.74, 6) is 0. The lowest BCUT2D eigenvalue weighted by atomic mass is 10.1. The van der Waals surface area contributed by atoms with E-state index in [-0.39, 0.29) is 5.70 Å². The molecule has 0 aromatic heterocycles. The molecule has 1 unspecified atom stereocenters. The van der Waals surface area contributed by atoms with E-state index >= 15 is 0 Å². The van der Waals surface area contributed by atoms with Gasteiger partial charge in [-0.2, -0.15) is 0 Å². The molecule has 1 aliphatic rings. The van der Waals surface area contributed by atoms with Crippen LogP contribution in [0.5, 0.6) is 0 Å². The molecule has 0 fully saturated rings. The fraction of sp³-hybridized carbons (Fsp3) is 0.333. The molecule has 0 bridgehead atoms. The maximum atomic E-state index is 10.2. The van der Waals surface area contributed by atoms with Crippen LogP contribution in [0.3, 0.4) is 0 Å². The lowest BCUT2D eigenvalue weighted by molar-refractivity contribution is -0.419. The molecule has 0 spiro atoms. The molecule has 0 saturated heterocycles. The average Bonchev–Trinajstić information content (AvgIpc) is 1.86. The molecule has 1 N–H and O–H groups in total. The summed E-state index contributed by atoms with van der Waals surface area (Å²) in [7, 11) is 0. The van der Waals surface area contributed by atoms with Crippen LogP contribution in [-0.2, 0) is 0 Å². The Morgan fingerprint density at radius 2 is 2.45 bits per heavy atom. The molecule has 1 aliphatic carbocycles. The lowest BCUT2D eigenvalue weighted by Crippen LogP contribution is -2.18. The SMILES string of the molecule is O=[N+]([O-])C1=CCC(O)(I)C=C1. The van der Waals surface area contributed by atoms with Crippen LogP contribution in [0.1, 0.15) is 6.42 Å². The summed E-state index contributed by atoms with van der Waals surface area (Å²) in [6.07, 6.45) is 4.44. The number of allylic oxidation sites excluding steroid dienone is 1. The number of nitro groups is 1. The number of nitrogens with zero attached hydrogens (tertiary/aromatic N) is 1. The molecule has 0 amide bonds. The summed E-state index contributed by atoms with van der Waals surface area (Å²) in [5.41, 5.74) is 0.0475. The Morgan fingerprint density at radius 1 is 1.82 bits per heavy atom. The zero-order chi connectivity index (χ0) is 8.48. The van der Waals surface area contributed by atoms with Gasteiger partial charge in [0.2, 0.25) is 0 Å². The zero-order valence-corrected chi connectivity index (χ0v) is 7.69. The molecule has 1 atom stereocenters. The van der Waals surface area contributed by atoms with Gasteiger partial charge in [0.25, 0.3) is 5.70 Å². The van der Waals surface area contributed by atoms with Crippen molar-refractivity contribution >= 4 is 22.6 Å². The van der Waals surface area contributed by atoms with E-state index in [0.29, 0.717) is 6.42 Å². The first-order chi connectivity index (χ1) is 5.01. The predicted octanol–water partition coefficient (Wildman–Crippen LogP) is 1.23. The van der Waals surface area contributed by atoms with Gasteiger partial charge in [-0.25, -0.2) is 0 Å². The third-order valence-corrected chi connectivity index (χ3v) is 2.12. The molecule has 5 heteroatoms. The van der Waals surface area contributed by atoms with Crippen molar-refractivity contribution in [2.24, 2.45) is 0 Å². The fourth-order valence-corrected chi connectivity index (χ4v) is 1.13. The van der Waals surface area contributed by atoms with E-state index < -0.39 is 8.53 Å². The Bertz CT molecular complexity index is 244. The maximum Gasteiger partial charge on any atom is 0.265 e. The van der Waals surface area contributed by atoms with Crippen molar-refractivity contribution in [3.63, 3.8) is 0 Å². The second kappa shape index (κ2) is 2.90. The van der Waals surface area contributed by atoms with Crippen molar-refractivity contribution < 1.29 is 10.0 Å². The first-order valence-electron chi connectivity index (χ1n) is 2.96. The Balaban J connectivity index is 2.75. The molecule has 0 aromatic rings. The minimum absolute atomic E-state index is 0.0475. The van der Waals surface area contributed by atoms with Crippen LogP contribution in [0.15, 0.2) is 23.9 Å². The van der Waals surface area contributed by atoms with Crippen LogP contribution in [-0.4, -0.2) is 13.6 Å². The predicted molar refractivity (Wildman–Crippen MR) is 47.8 cm³/mol. The molecular weight excluding hydrogens is 261 g/mol. The second-order valence-corrected chi connectivity index (χ2v) is 4.11. The monoisotopic (exact) mass is 267 g/mol. The van der Waals surface area contributed by atoms with Gasteiger partial charge in [0.15, 0.2) is 0 Å². The Hall–Kier alpha value is -0.430. The highest BCUT2D eigenvalue weighted by Crippen LogP contribution is 2.27. The van der Waals surface area contributed by atoms with Crippen LogP contribution < -0.4 is 0 Å². The zero-order valence-electron chi connectivity index (χ0n) is 5.53.